The van der Waals surface area contributed by atoms with Gasteiger partial charge in [0.2, 0.25) is 13.4 Å². The Morgan fingerprint density at radius 1 is 0.520 bits per heavy atom. The maximum atomic E-state index is 2.68. The second-order valence-corrected chi connectivity index (χ2v) is 21.5. The molecule has 4 aliphatic rings. The summed E-state index contributed by atoms with van der Waals surface area (Å²) in [5.74, 6) is 0. The summed E-state index contributed by atoms with van der Waals surface area (Å²) in [7, 11) is 0.441. The van der Waals surface area contributed by atoms with Gasteiger partial charge in [0.1, 0.15) is 0 Å². The monoisotopic (exact) mass is 651 g/mol. The molecule has 12 rings (SSSR count). The number of aryl methyl sites for hydroxylation is 1. The van der Waals surface area contributed by atoms with E-state index < -0.39 is 8.07 Å². The number of benzene rings is 8. The van der Waals surface area contributed by atoms with Crippen LogP contribution in [0.3, 0.4) is 0 Å². The number of nitrogens with zero attached hydrogens (tertiary/aromatic N) is 1. The van der Waals surface area contributed by atoms with Gasteiger partial charge in [-0.15, -0.1) is 0 Å². The summed E-state index contributed by atoms with van der Waals surface area (Å²) in [4.78, 5) is 2.42. The van der Waals surface area contributed by atoms with E-state index >= 15 is 0 Å². The van der Waals surface area contributed by atoms with E-state index in [1.165, 1.54) is 110 Å². The van der Waals surface area contributed by atoms with E-state index in [4.69, 9.17) is 0 Å². The van der Waals surface area contributed by atoms with Gasteiger partial charge in [0.15, 0.2) is 0 Å². The van der Waals surface area contributed by atoms with E-state index in [0.717, 1.165) is 6.42 Å². The lowest BCUT2D eigenvalue weighted by Crippen LogP contribution is -2.60. The molecular formula is C46H35B2NSi. The fourth-order valence-electron chi connectivity index (χ4n) is 11.0. The van der Waals surface area contributed by atoms with E-state index in [1.54, 1.807) is 10.6 Å². The van der Waals surface area contributed by atoms with Crippen LogP contribution in [0.5, 0.6) is 0 Å². The second-order valence-electron chi connectivity index (χ2n) is 16.5. The fourth-order valence-corrected chi connectivity index (χ4v) is 12.6. The van der Waals surface area contributed by atoms with Crippen molar-refractivity contribution >= 4 is 103 Å². The summed E-state index contributed by atoms with van der Waals surface area (Å²) in [5.41, 5.74) is 21.6. The Labute approximate surface area is 295 Å². The van der Waals surface area contributed by atoms with Gasteiger partial charge in [0.25, 0.3) is 0 Å². The molecule has 0 N–H and O–H groups in total. The van der Waals surface area contributed by atoms with Crippen LogP contribution in [0.25, 0.3) is 54.6 Å². The normalized spacial score (nSPS) is 14.7. The summed E-state index contributed by atoms with van der Waals surface area (Å²) in [5, 5.41) is 10.5. The standard InChI is InChI=1S/C46H35B2NSi/c1-25-20-31-29-15-11-19-39-46(29)48(35-17-8-9-18-38(35)49(39)2)37-23-33-40(50(3,4)5)24-32-28-14-10-13-27-21-26-12-6-7-16-34(26)47(45(27)28)36-22-30(25)43(41(31)37)44(33)42(32)36/h6-20,22-24H,21H2,1-5H3. The van der Waals surface area contributed by atoms with Crippen LogP contribution in [0.15, 0.2) is 109 Å². The van der Waals surface area contributed by atoms with Crippen molar-refractivity contribution in [3.63, 3.8) is 0 Å². The van der Waals surface area contributed by atoms with Crippen molar-refractivity contribution in [2.45, 2.75) is 33.0 Å². The van der Waals surface area contributed by atoms with Crippen LogP contribution in [0.4, 0.5) is 11.4 Å². The van der Waals surface area contributed by atoms with Gasteiger partial charge in [-0.05, 0) is 108 Å². The van der Waals surface area contributed by atoms with Crippen molar-refractivity contribution in [2.75, 3.05) is 11.9 Å². The lowest BCUT2D eigenvalue weighted by Gasteiger charge is -2.40. The number of rotatable bonds is 1. The lowest BCUT2D eigenvalue weighted by atomic mass is 9.30. The Hall–Kier alpha value is -5.05. The first-order valence-electron chi connectivity index (χ1n) is 18.3. The van der Waals surface area contributed by atoms with Crippen molar-refractivity contribution in [3.8, 4) is 22.3 Å². The third kappa shape index (κ3) is 3.15. The molecular weight excluding hydrogens is 616 g/mol. The number of hydrogen-bond acceptors (Lipinski definition) is 1. The van der Waals surface area contributed by atoms with E-state index in [2.05, 4.69) is 148 Å². The molecule has 0 atom stereocenters. The molecule has 0 spiro atoms. The Morgan fingerprint density at radius 2 is 1.12 bits per heavy atom. The second kappa shape index (κ2) is 8.99. The minimum Gasteiger partial charge on any atom is -0.345 e. The van der Waals surface area contributed by atoms with Crippen LogP contribution in [-0.4, -0.2) is 28.5 Å². The van der Waals surface area contributed by atoms with Crippen molar-refractivity contribution < 1.29 is 0 Å². The first-order valence-corrected chi connectivity index (χ1v) is 21.8. The molecule has 0 fully saturated rings. The van der Waals surface area contributed by atoms with Gasteiger partial charge < -0.3 is 4.90 Å². The Balaban J connectivity index is 1.33. The van der Waals surface area contributed by atoms with Gasteiger partial charge in [0, 0.05) is 18.4 Å². The van der Waals surface area contributed by atoms with Gasteiger partial charge in [-0.3, -0.25) is 0 Å². The highest BCUT2D eigenvalue weighted by molar-refractivity contribution is 7.02. The quantitative estimate of drug-likeness (QED) is 0.147. The number of para-hydroxylation sites is 1. The largest absolute Gasteiger partial charge is 0.345 e. The maximum Gasteiger partial charge on any atom is 0.248 e. The van der Waals surface area contributed by atoms with Crippen LogP contribution < -0.4 is 42.9 Å². The molecule has 4 heterocycles. The number of anilines is 2. The van der Waals surface area contributed by atoms with Crippen LogP contribution in [-0.2, 0) is 6.42 Å². The molecule has 0 bridgehead atoms. The van der Waals surface area contributed by atoms with Gasteiger partial charge in [-0.1, -0.05) is 144 Å². The summed E-state index contributed by atoms with van der Waals surface area (Å²) < 4.78 is 0. The molecule has 0 amide bonds. The van der Waals surface area contributed by atoms with E-state index in [-0.39, 0.29) is 13.4 Å². The average molecular weight is 652 g/mol. The molecule has 4 heteroatoms. The molecule has 8 aromatic rings. The summed E-state index contributed by atoms with van der Waals surface area (Å²) in [6.45, 7) is 10.5. The molecule has 0 aliphatic carbocycles. The van der Waals surface area contributed by atoms with Crippen molar-refractivity contribution in [3.05, 3.63) is 126 Å². The van der Waals surface area contributed by atoms with E-state index in [0.29, 0.717) is 0 Å². The Morgan fingerprint density at radius 3 is 1.92 bits per heavy atom. The molecule has 234 valence electrons. The van der Waals surface area contributed by atoms with Gasteiger partial charge >= 0.3 is 0 Å². The molecule has 0 saturated heterocycles. The molecule has 0 unspecified atom stereocenters. The highest BCUT2D eigenvalue weighted by atomic mass is 28.3. The van der Waals surface area contributed by atoms with Crippen molar-refractivity contribution in [2.24, 2.45) is 0 Å². The third-order valence-electron chi connectivity index (χ3n) is 13.0. The zero-order chi connectivity index (χ0) is 33.4. The zero-order valence-electron chi connectivity index (χ0n) is 29.2. The first kappa shape index (κ1) is 27.7. The van der Waals surface area contributed by atoms with Crippen molar-refractivity contribution in [1.29, 1.82) is 0 Å². The van der Waals surface area contributed by atoms with E-state index in [9.17, 15) is 0 Å². The molecule has 0 saturated carbocycles. The highest BCUT2D eigenvalue weighted by Gasteiger charge is 2.43. The topological polar surface area (TPSA) is 3.24 Å². The van der Waals surface area contributed by atoms with E-state index in [1.807, 2.05) is 0 Å². The van der Waals surface area contributed by atoms with Crippen LogP contribution in [0, 0.1) is 6.92 Å². The summed E-state index contributed by atoms with van der Waals surface area (Å²) in [6, 6.07) is 43.1. The highest BCUT2D eigenvalue weighted by Crippen LogP contribution is 2.46. The van der Waals surface area contributed by atoms with Gasteiger partial charge in [0.05, 0.1) is 8.07 Å². The lowest BCUT2D eigenvalue weighted by molar-refractivity contribution is 1.21. The average Bonchev–Trinajstić information content (AvgIpc) is 3.12. The molecule has 0 aromatic heterocycles. The summed E-state index contributed by atoms with van der Waals surface area (Å²) in [6.07, 6.45) is 1.01. The van der Waals surface area contributed by atoms with Crippen LogP contribution in [0.2, 0.25) is 19.6 Å². The number of fused-ring (bicyclic) bond motifs is 8. The maximum absolute atomic E-state index is 2.68. The Bertz CT molecular complexity index is 2880. The Kier molecular flexibility index (Phi) is 4.99. The third-order valence-corrected chi connectivity index (χ3v) is 15.0. The first-order chi connectivity index (χ1) is 24.3. The minimum atomic E-state index is -1.81. The molecule has 50 heavy (non-hydrogen) atoms. The predicted molar refractivity (Wildman–Crippen MR) is 222 cm³/mol. The predicted octanol–water partition coefficient (Wildman–Crippen LogP) is 6.42. The molecule has 8 aromatic carbocycles. The molecule has 4 aliphatic heterocycles. The van der Waals surface area contributed by atoms with Crippen LogP contribution in [0.1, 0.15) is 16.7 Å². The van der Waals surface area contributed by atoms with Crippen molar-refractivity contribution in [1.82, 2.24) is 0 Å². The van der Waals surface area contributed by atoms with Crippen LogP contribution >= 0.6 is 0 Å². The zero-order valence-corrected chi connectivity index (χ0v) is 30.2. The van der Waals surface area contributed by atoms with Gasteiger partial charge in [-0.25, -0.2) is 0 Å². The smallest absolute Gasteiger partial charge is 0.248 e. The SMILES string of the molecule is Cc1cc2c3c(cc4c([Si](C)(C)C)cc5c6c(cc1c3c46)B1c3ccccc3Cc3cccc-5c31)B1c3ccccc3N(C)c3cccc-2c31. The number of hydrogen-bond donors (Lipinski definition) is 0. The molecule has 1 nitrogen and oxygen atoms in total. The fraction of sp³-hybridized carbons (Fsp3) is 0.130. The minimum absolute atomic E-state index is 0.199. The summed E-state index contributed by atoms with van der Waals surface area (Å²) >= 11 is 0. The molecule has 0 radical (unpaired) electrons. The van der Waals surface area contributed by atoms with Gasteiger partial charge in [-0.2, -0.15) is 0 Å².